The van der Waals surface area contributed by atoms with Gasteiger partial charge in [0.1, 0.15) is 28.5 Å². The number of halogens is 2. The van der Waals surface area contributed by atoms with E-state index in [1.54, 1.807) is 12.4 Å². The van der Waals surface area contributed by atoms with E-state index in [0.29, 0.717) is 22.7 Å². The van der Waals surface area contributed by atoms with Crippen molar-refractivity contribution < 1.29 is 13.9 Å². The highest BCUT2D eigenvalue weighted by Crippen LogP contribution is 2.40. The molecule has 3 N–H and O–H groups in total. The van der Waals surface area contributed by atoms with Crippen molar-refractivity contribution in [1.82, 2.24) is 19.7 Å². The number of nitrogens with zero attached hydrogens (tertiary/aromatic N) is 3. The number of fused-ring (bicyclic) bond motifs is 1. The number of hydrogen-bond donors (Lipinski definition) is 2. The maximum Gasteiger partial charge on any atom is 0.258 e. The number of ether oxygens (including phenoxy) is 1. The summed E-state index contributed by atoms with van der Waals surface area (Å²) >= 11 is 6.33. The van der Waals surface area contributed by atoms with Gasteiger partial charge in [0.25, 0.3) is 5.91 Å². The van der Waals surface area contributed by atoms with Gasteiger partial charge in [-0.15, -0.1) is 0 Å². The molecule has 1 saturated carbocycles. The molecular weight excluding hydrogens is 457 g/mol. The highest BCUT2D eigenvalue weighted by molar-refractivity contribution is 6.31. The van der Waals surface area contributed by atoms with Crippen molar-refractivity contribution in [1.29, 1.82) is 0 Å². The Hall–Kier alpha value is -2.87. The second-order valence-electron chi connectivity index (χ2n) is 9.25. The molecule has 1 aliphatic carbocycles. The second-order valence-corrected chi connectivity index (χ2v) is 9.66. The van der Waals surface area contributed by atoms with Crippen LogP contribution in [-0.4, -0.2) is 32.4 Å². The fraction of sp³-hybridized carbons (Fsp3) is 0.480. The highest BCUT2D eigenvalue weighted by atomic mass is 35.5. The fourth-order valence-corrected chi connectivity index (χ4v) is 4.95. The maximum atomic E-state index is 15.4. The zero-order valence-electron chi connectivity index (χ0n) is 20.0. The summed E-state index contributed by atoms with van der Waals surface area (Å²) in [5.74, 6) is -0.441. The van der Waals surface area contributed by atoms with Gasteiger partial charge in [0, 0.05) is 29.9 Å². The molecular formula is C25H31ClFN5O2. The van der Waals surface area contributed by atoms with Crippen LogP contribution in [0.4, 0.5) is 10.2 Å². The average molecular weight is 488 g/mol. The van der Waals surface area contributed by atoms with Crippen LogP contribution in [0, 0.1) is 12.7 Å². The topological polar surface area (TPSA) is 94.5 Å². The van der Waals surface area contributed by atoms with Crippen LogP contribution in [0.5, 0.6) is 5.75 Å². The van der Waals surface area contributed by atoms with E-state index in [2.05, 4.69) is 10.3 Å². The second kappa shape index (κ2) is 9.78. The molecule has 0 bridgehead atoms. The lowest BCUT2D eigenvalue weighted by atomic mass is 9.93. The zero-order chi connectivity index (χ0) is 24.6. The number of rotatable bonds is 6. The number of nitrogens with one attached hydrogen (secondary N) is 1. The average Bonchev–Trinajstić information content (AvgIpc) is 3.13. The molecule has 34 heavy (non-hydrogen) atoms. The third-order valence-electron chi connectivity index (χ3n) is 6.36. The quantitative estimate of drug-likeness (QED) is 0.484. The number of carbonyl (C=O) groups is 1. The molecule has 0 radical (unpaired) electrons. The Morgan fingerprint density at radius 1 is 1.29 bits per heavy atom. The third-order valence-corrected chi connectivity index (χ3v) is 6.64. The van der Waals surface area contributed by atoms with Gasteiger partial charge in [-0.2, -0.15) is 0 Å². The fourth-order valence-electron chi connectivity index (χ4n) is 4.73. The van der Waals surface area contributed by atoms with Crippen LogP contribution in [0.1, 0.15) is 86.2 Å². The Morgan fingerprint density at radius 3 is 2.68 bits per heavy atom. The number of nitrogens with two attached hydrogens (primary N) is 1. The summed E-state index contributed by atoms with van der Waals surface area (Å²) < 4.78 is 23.3. The molecule has 1 atom stereocenters. The maximum absolute atomic E-state index is 15.4. The predicted molar refractivity (Wildman–Crippen MR) is 131 cm³/mol. The molecule has 1 fully saturated rings. The van der Waals surface area contributed by atoms with Crippen LogP contribution < -0.4 is 15.8 Å². The van der Waals surface area contributed by atoms with E-state index < -0.39 is 11.7 Å². The van der Waals surface area contributed by atoms with Gasteiger partial charge in [-0.05, 0) is 39.7 Å². The summed E-state index contributed by atoms with van der Waals surface area (Å²) in [7, 11) is 0. The number of amides is 1. The molecule has 1 aliphatic rings. The van der Waals surface area contributed by atoms with Crippen LogP contribution in [0.25, 0.3) is 5.52 Å². The number of hydrogen-bond acceptors (Lipinski definition) is 5. The van der Waals surface area contributed by atoms with E-state index in [4.69, 9.17) is 27.1 Å². The van der Waals surface area contributed by atoms with Gasteiger partial charge in [0.2, 0.25) is 0 Å². The largest absolute Gasteiger partial charge is 0.490 e. The van der Waals surface area contributed by atoms with Crippen molar-refractivity contribution in [2.75, 3.05) is 5.73 Å². The van der Waals surface area contributed by atoms with Crippen molar-refractivity contribution in [3.8, 4) is 5.75 Å². The van der Waals surface area contributed by atoms with E-state index in [9.17, 15) is 4.79 Å². The molecule has 7 nitrogen and oxygen atoms in total. The highest BCUT2D eigenvalue weighted by Gasteiger charge is 2.31. The van der Waals surface area contributed by atoms with Crippen LogP contribution in [0.15, 0.2) is 18.5 Å². The van der Waals surface area contributed by atoms with Crippen LogP contribution in [0.3, 0.4) is 0 Å². The molecule has 2 aromatic heterocycles. The summed E-state index contributed by atoms with van der Waals surface area (Å²) in [6.45, 7) is 7.45. The number of carbonyl (C=O) groups excluding carboxylic acids is 1. The summed E-state index contributed by atoms with van der Waals surface area (Å²) in [5, 5.41) is 2.87. The Bertz CT molecular complexity index is 1220. The van der Waals surface area contributed by atoms with E-state index in [1.165, 1.54) is 6.07 Å². The molecule has 9 heteroatoms. The molecule has 1 amide bonds. The van der Waals surface area contributed by atoms with Gasteiger partial charge in [0.05, 0.1) is 16.8 Å². The van der Waals surface area contributed by atoms with E-state index in [0.717, 1.165) is 37.8 Å². The molecule has 1 aromatic carbocycles. The first kappa shape index (κ1) is 24.3. The van der Waals surface area contributed by atoms with Gasteiger partial charge in [-0.3, -0.25) is 9.20 Å². The Kier molecular flexibility index (Phi) is 6.98. The first-order valence-electron chi connectivity index (χ1n) is 11.8. The lowest BCUT2D eigenvalue weighted by Crippen LogP contribution is -2.37. The number of aromatic nitrogens is 3. The van der Waals surface area contributed by atoms with E-state index in [-0.39, 0.29) is 34.4 Å². The number of imidazole rings is 1. The minimum absolute atomic E-state index is 0.0155. The van der Waals surface area contributed by atoms with Crippen molar-refractivity contribution >= 4 is 28.8 Å². The normalized spacial score (nSPS) is 15.6. The Labute approximate surface area is 203 Å². The monoisotopic (exact) mass is 487 g/mol. The first-order valence-corrected chi connectivity index (χ1v) is 12.1. The zero-order valence-corrected chi connectivity index (χ0v) is 20.7. The van der Waals surface area contributed by atoms with Gasteiger partial charge < -0.3 is 15.8 Å². The van der Waals surface area contributed by atoms with Gasteiger partial charge in [0.15, 0.2) is 5.82 Å². The van der Waals surface area contributed by atoms with E-state index in [1.807, 2.05) is 32.1 Å². The van der Waals surface area contributed by atoms with Crippen molar-refractivity contribution in [3.05, 3.63) is 51.9 Å². The lowest BCUT2D eigenvalue weighted by molar-refractivity contribution is 0.0916. The molecule has 182 valence electrons. The van der Waals surface area contributed by atoms with Gasteiger partial charge in [-0.1, -0.05) is 37.8 Å². The molecule has 1 unspecified atom stereocenters. The summed E-state index contributed by atoms with van der Waals surface area (Å²) in [5.41, 5.74) is 7.93. The van der Waals surface area contributed by atoms with Crippen molar-refractivity contribution in [2.24, 2.45) is 0 Å². The number of anilines is 1. The molecule has 4 rings (SSSR count). The summed E-state index contributed by atoms with van der Waals surface area (Å²) in [6.07, 6.45) is 8.10. The molecule has 3 aromatic rings. The molecule has 0 saturated heterocycles. The minimum Gasteiger partial charge on any atom is -0.490 e. The third kappa shape index (κ3) is 4.56. The Balaban J connectivity index is 1.84. The number of nitrogen functional groups attached to an aromatic ring is 1. The number of benzene rings is 1. The lowest BCUT2D eigenvalue weighted by Gasteiger charge is -2.25. The van der Waals surface area contributed by atoms with Crippen molar-refractivity contribution in [3.63, 3.8) is 0 Å². The van der Waals surface area contributed by atoms with E-state index >= 15 is 4.39 Å². The molecule has 0 aliphatic heterocycles. The van der Waals surface area contributed by atoms with Crippen LogP contribution >= 0.6 is 11.6 Å². The number of aryl methyl sites for hydroxylation is 1. The van der Waals surface area contributed by atoms with Crippen molar-refractivity contribution in [2.45, 2.75) is 77.9 Å². The molecule has 0 spiro atoms. The summed E-state index contributed by atoms with van der Waals surface area (Å²) in [6, 6.07) is 1.54. The van der Waals surface area contributed by atoms with Crippen LogP contribution in [0.2, 0.25) is 5.02 Å². The van der Waals surface area contributed by atoms with Crippen LogP contribution in [-0.2, 0) is 0 Å². The molecule has 2 heterocycles. The van der Waals surface area contributed by atoms with Gasteiger partial charge in [-0.25, -0.2) is 14.4 Å². The minimum atomic E-state index is -0.779. The standard InChI is InChI=1S/C25H31ClFN5O2/c1-13(2)34-22-17(14(3)24-30-15(4)21-23(28)29-10-11-32(21)24)12-18(26)20(27)19(22)25(33)31-16-8-6-5-7-9-16/h10-14,16H,5-9H2,1-4H3,(H2,28,29)(H,31,33). The summed E-state index contributed by atoms with van der Waals surface area (Å²) in [4.78, 5) is 22.2. The first-order chi connectivity index (χ1) is 16.2. The smallest absolute Gasteiger partial charge is 0.258 e. The Morgan fingerprint density at radius 2 is 2.00 bits per heavy atom. The SMILES string of the molecule is Cc1nc(C(C)c2cc(Cl)c(F)c(C(=O)NC3CCCCC3)c2OC(C)C)n2ccnc(N)c12. The predicted octanol–water partition coefficient (Wildman–Crippen LogP) is 5.41. The van der Waals surface area contributed by atoms with Gasteiger partial charge >= 0.3 is 0 Å².